The Hall–Kier alpha value is -2.63. The number of ether oxygens (including phenoxy) is 3. The van der Waals surface area contributed by atoms with E-state index >= 15 is 0 Å². The molecule has 0 radical (unpaired) electrons. The van der Waals surface area contributed by atoms with Crippen molar-refractivity contribution in [3.8, 4) is 0 Å². The van der Waals surface area contributed by atoms with Gasteiger partial charge in [0, 0.05) is 19.3 Å². The van der Waals surface area contributed by atoms with Crippen molar-refractivity contribution in [3.63, 3.8) is 0 Å². The summed E-state index contributed by atoms with van der Waals surface area (Å²) < 4.78 is 16.7. The lowest BCUT2D eigenvalue weighted by Gasteiger charge is -2.18. The molecule has 0 saturated heterocycles. The fourth-order valence-electron chi connectivity index (χ4n) is 7.14. The molecule has 6 nitrogen and oxygen atoms in total. The van der Waals surface area contributed by atoms with Gasteiger partial charge in [-0.2, -0.15) is 0 Å². The smallest absolute Gasteiger partial charge is 0.306 e. The molecule has 0 fully saturated rings. The van der Waals surface area contributed by atoms with E-state index in [1.807, 2.05) is 0 Å². The van der Waals surface area contributed by atoms with Crippen molar-refractivity contribution in [2.75, 3.05) is 13.2 Å². The highest BCUT2D eigenvalue weighted by Gasteiger charge is 2.19. The fraction of sp³-hybridized carbons (Fsp3) is 0.796. The summed E-state index contributed by atoms with van der Waals surface area (Å²) >= 11 is 0. The Morgan fingerprint density at radius 3 is 1.00 bits per heavy atom. The number of carbonyl (C=O) groups excluding carboxylic acids is 3. The van der Waals surface area contributed by atoms with Gasteiger partial charge in [-0.05, 0) is 77.0 Å². The van der Waals surface area contributed by atoms with Gasteiger partial charge in [0.1, 0.15) is 13.2 Å². The molecule has 0 aromatic heterocycles. The molecular weight excluding hydrogens is 745 g/mol. The fourth-order valence-corrected chi connectivity index (χ4v) is 7.14. The summed E-state index contributed by atoms with van der Waals surface area (Å²) in [4.78, 5) is 37.6. The summed E-state index contributed by atoms with van der Waals surface area (Å²) in [5, 5.41) is 0. The Bertz CT molecular complexity index is 1060. The van der Waals surface area contributed by atoms with Gasteiger partial charge in [-0.15, -0.1) is 0 Å². The highest BCUT2D eigenvalue weighted by molar-refractivity contribution is 5.71. The molecule has 0 aromatic rings. The van der Waals surface area contributed by atoms with Crippen molar-refractivity contribution in [2.45, 2.75) is 264 Å². The molecule has 0 N–H and O–H groups in total. The lowest BCUT2D eigenvalue weighted by Crippen LogP contribution is -2.30. The maximum atomic E-state index is 12.7. The third kappa shape index (κ3) is 46.4. The first-order valence-corrected chi connectivity index (χ1v) is 25.6. The van der Waals surface area contributed by atoms with E-state index in [0.717, 1.165) is 83.5 Å². The average Bonchev–Trinajstić information content (AvgIpc) is 3.24. The van der Waals surface area contributed by atoms with E-state index < -0.39 is 6.10 Å². The SMILES string of the molecule is CCCC/C=C\CCCCCCCC(=O)OC(COC(=O)CCCCCCCC)COC(=O)CCCCCCCCCCCC/C=C\C/C=C\C/C=C\CCCCCCC. The van der Waals surface area contributed by atoms with Gasteiger partial charge >= 0.3 is 17.9 Å². The quantitative estimate of drug-likeness (QED) is 0.0263. The first-order valence-electron chi connectivity index (χ1n) is 25.6. The van der Waals surface area contributed by atoms with Crippen molar-refractivity contribution in [1.82, 2.24) is 0 Å². The minimum atomic E-state index is -0.773. The second kappa shape index (κ2) is 49.0. The van der Waals surface area contributed by atoms with Crippen LogP contribution >= 0.6 is 0 Å². The lowest BCUT2D eigenvalue weighted by molar-refractivity contribution is -0.167. The van der Waals surface area contributed by atoms with Crippen LogP contribution in [0.2, 0.25) is 0 Å². The molecule has 60 heavy (non-hydrogen) atoms. The topological polar surface area (TPSA) is 78.9 Å². The van der Waals surface area contributed by atoms with Crippen LogP contribution < -0.4 is 0 Å². The van der Waals surface area contributed by atoms with Crippen LogP contribution in [0.3, 0.4) is 0 Å². The van der Waals surface area contributed by atoms with E-state index in [-0.39, 0.29) is 31.1 Å². The summed E-state index contributed by atoms with van der Waals surface area (Å²) in [6.07, 6.45) is 58.4. The molecule has 1 unspecified atom stereocenters. The van der Waals surface area contributed by atoms with Crippen molar-refractivity contribution in [3.05, 3.63) is 48.6 Å². The minimum absolute atomic E-state index is 0.0772. The van der Waals surface area contributed by atoms with Crippen molar-refractivity contribution < 1.29 is 28.6 Å². The second-order valence-corrected chi connectivity index (χ2v) is 17.1. The Morgan fingerprint density at radius 1 is 0.333 bits per heavy atom. The molecule has 0 bridgehead atoms. The normalized spacial score (nSPS) is 12.4. The summed E-state index contributed by atoms with van der Waals surface area (Å²) in [6, 6.07) is 0. The highest BCUT2D eigenvalue weighted by atomic mass is 16.6. The van der Waals surface area contributed by atoms with Gasteiger partial charge in [-0.25, -0.2) is 0 Å². The van der Waals surface area contributed by atoms with Crippen molar-refractivity contribution >= 4 is 17.9 Å². The molecule has 0 aromatic carbocycles. The summed E-state index contributed by atoms with van der Waals surface area (Å²) in [7, 11) is 0. The molecule has 1 atom stereocenters. The van der Waals surface area contributed by atoms with E-state index in [0.29, 0.717) is 19.3 Å². The summed E-state index contributed by atoms with van der Waals surface area (Å²) in [5.74, 6) is -0.898. The van der Waals surface area contributed by atoms with Crippen LogP contribution in [0.4, 0.5) is 0 Å². The number of hydrogen-bond donors (Lipinski definition) is 0. The van der Waals surface area contributed by atoms with Gasteiger partial charge in [0.2, 0.25) is 0 Å². The minimum Gasteiger partial charge on any atom is -0.462 e. The van der Waals surface area contributed by atoms with E-state index in [2.05, 4.69) is 69.4 Å². The maximum absolute atomic E-state index is 12.7. The molecule has 0 saturated carbocycles. The van der Waals surface area contributed by atoms with E-state index in [9.17, 15) is 14.4 Å². The van der Waals surface area contributed by atoms with Crippen molar-refractivity contribution in [1.29, 1.82) is 0 Å². The van der Waals surface area contributed by atoms with Crippen LogP contribution in [0.15, 0.2) is 48.6 Å². The van der Waals surface area contributed by atoms with Gasteiger partial charge in [-0.3, -0.25) is 14.4 Å². The number of unbranched alkanes of at least 4 members (excludes halogenated alkanes) is 27. The second-order valence-electron chi connectivity index (χ2n) is 17.1. The van der Waals surface area contributed by atoms with Gasteiger partial charge in [-0.1, -0.05) is 211 Å². The van der Waals surface area contributed by atoms with Gasteiger partial charge in [0.05, 0.1) is 0 Å². The van der Waals surface area contributed by atoms with Crippen LogP contribution in [0.1, 0.15) is 258 Å². The summed E-state index contributed by atoms with van der Waals surface area (Å²) in [6.45, 7) is 6.52. The van der Waals surface area contributed by atoms with E-state index in [1.165, 1.54) is 135 Å². The Balaban J connectivity index is 4.10. The highest BCUT2D eigenvalue weighted by Crippen LogP contribution is 2.14. The molecule has 348 valence electrons. The molecule has 0 aliphatic carbocycles. The first-order chi connectivity index (χ1) is 29.5. The van der Waals surface area contributed by atoms with Gasteiger partial charge < -0.3 is 14.2 Å². The number of carbonyl (C=O) groups is 3. The number of rotatable bonds is 46. The largest absolute Gasteiger partial charge is 0.462 e. The first kappa shape index (κ1) is 57.4. The number of allylic oxidation sites excluding steroid dienone is 8. The molecular formula is C54H96O6. The molecule has 0 aliphatic rings. The molecule has 0 rings (SSSR count). The van der Waals surface area contributed by atoms with E-state index in [1.54, 1.807) is 0 Å². The summed E-state index contributed by atoms with van der Waals surface area (Å²) in [5.41, 5.74) is 0. The molecule has 0 spiro atoms. The Morgan fingerprint density at radius 2 is 0.617 bits per heavy atom. The molecule has 6 heteroatoms. The zero-order valence-electron chi connectivity index (χ0n) is 39.7. The van der Waals surface area contributed by atoms with Crippen LogP contribution in [0.5, 0.6) is 0 Å². The molecule has 0 aliphatic heterocycles. The van der Waals surface area contributed by atoms with E-state index in [4.69, 9.17) is 14.2 Å². The third-order valence-corrected chi connectivity index (χ3v) is 11.1. The van der Waals surface area contributed by atoms with Crippen LogP contribution in [0, 0.1) is 0 Å². The predicted octanol–water partition coefficient (Wildman–Crippen LogP) is 16.7. The van der Waals surface area contributed by atoms with Crippen molar-refractivity contribution in [2.24, 2.45) is 0 Å². The average molecular weight is 841 g/mol. The van der Waals surface area contributed by atoms with Gasteiger partial charge in [0.25, 0.3) is 0 Å². The third-order valence-electron chi connectivity index (χ3n) is 11.1. The zero-order valence-corrected chi connectivity index (χ0v) is 39.7. The predicted molar refractivity (Wildman–Crippen MR) is 256 cm³/mol. The standard InChI is InChI=1S/C54H96O6/c1-4-7-10-13-16-18-20-21-22-23-24-25-26-27-28-29-30-31-32-33-35-36-38-41-44-47-53(56)59-50-51(49-58-52(55)46-43-40-15-12-9-6-3)60-54(57)48-45-42-39-37-34-19-17-14-11-8-5-2/h14,17,20-21,23-24,26-27,51H,4-13,15-16,18-19,22,25,28-50H2,1-3H3/b17-14-,21-20-,24-23-,27-26-. The Labute approximate surface area is 371 Å². The Kier molecular flexibility index (Phi) is 46.9. The zero-order chi connectivity index (χ0) is 43.7. The lowest BCUT2D eigenvalue weighted by atomic mass is 10.1. The monoisotopic (exact) mass is 841 g/mol. The van der Waals surface area contributed by atoms with Gasteiger partial charge in [0.15, 0.2) is 6.10 Å². The number of esters is 3. The maximum Gasteiger partial charge on any atom is 0.306 e. The van der Waals surface area contributed by atoms with Crippen LogP contribution in [-0.2, 0) is 28.6 Å². The molecule has 0 amide bonds. The molecule has 0 heterocycles. The van der Waals surface area contributed by atoms with Crippen LogP contribution in [-0.4, -0.2) is 37.2 Å². The number of hydrogen-bond acceptors (Lipinski definition) is 6. The van der Waals surface area contributed by atoms with Crippen LogP contribution in [0.25, 0.3) is 0 Å².